The Hall–Kier alpha value is -2.31. The second kappa shape index (κ2) is 8.80. The van der Waals surface area contributed by atoms with Crippen LogP contribution in [0, 0.1) is 11.7 Å². The lowest BCUT2D eigenvalue weighted by atomic mass is 9.93. The predicted molar refractivity (Wildman–Crippen MR) is 104 cm³/mol. The molecule has 1 aliphatic carbocycles. The fraction of sp³-hybridized carbons (Fsp3) is 0.455. The van der Waals surface area contributed by atoms with Gasteiger partial charge in [-0.2, -0.15) is 0 Å². The number of halogens is 1. The molecular formula is C22H26FN3O2. The van der Waals surface area contributed by atoms with Crippen molar-refractivity contribution in [1.29, 1.82) is 0 Å². The summed E-state index contributed by atoms with van der Waals surface area (Å²) in [7, 11) is 0. The first-order valence-corrected chi connectivity index (χ1v) is 9.97. The topological polar surface area (TPSA) is 54.5 Å². The van der Waals surface area contributed by atoms with Crippen molar-refractivity contribution in [3.63, 3.8) is 0 Å². The molecular weight excluding hydrogens is 357 g/mol. The van der Waals surface area contributed by atoms with E-state index in [2.05, 4.69) is 21.3 Å². The van der Waals surface area contributed by atoms with E-state index in [9.17, 15) is 9.18 Å². The third kappa shape index (κ3) is 4.56. The monoisotopic (exact) mass is 383 g/mol. The maximum Gasteiger partial charge on any atom is 0.227 e. The molecule has 2 aromatic rings. The van der Waals surface area contributed by atoms with Crippen molar-refractivity contribution >= 4 is 5.91 Å². The number of hydrogen-bond acceptors (Lipinski definition) is 4. The lowest BCUT2D eigenvalue weighted by Gasteiger charge is -2.35. The van der Waals surface area contributed by atoms with Crippen LogP contribution in [0.5, 0.6) is 0 Å². The largest absolute Gasteiger partial charge is 0.379 e. The van der Waals surface area contributed by atoms with Crippen molar-refractivity contribution in [2.24, 2.45) is 5.92 Å². The molecule has 28 heavy (non-hydrogen) atoms. The quantitative estimate of drug-likeness (QED) is 0.799. The summed E-state index contributed by atoms with van der Waals surface area (Å²) in [5.41, 5.74) is 1.99. The minimum atomic E-state index is -0.275. The third-order valence-corrected chi connectivity index (χ3v) is 5.63. The van der Waals surface area contributed by atoms with Gasteiger partial charge in [-0.05, 0) is 48.1 Å². The van der Waals surface area contributed by atoms with Crippen molar-refractivity contribution in [3.8, 4) is 0 Å². The van der Waals surface area contributed by atoms with E-state index in [0.717, 1.165) is 37.1 Å². The van der Waals surface area contributed by atoms with Crippen LogP contribution in [0.4, 0.5) is 4.39 Å². The number of nitrogens with zero attached hydrogens (tertiary/aromatic N) is 2. The molecule has 5 nitrogen and oxygen atoms in total. The highest BCUT2D eigenvalue weighted by molar-refractivity contribution is 5.84. The number of ether oxygens (including phenoxy) is 1. The van der Waals surface area contributed by atoms with Gasteiger partial charge < -0.3 is 10.1 Å². The molecule has 4 rings (SSSR count). The molecule has 148 valence electrons. The Morgan fingerprint density at radius 1 is 1.18 bits per heavy atom. The third-order valence-electron chi connectivity index (χ3n) is 5.63. The average Bonchev–Trinajstić information content (AvgIpc) is 3.56. The van der Waals surface area contributed by atoms with E-state index < -0.39 is 0 Å². The Bertz CT molecular complexity index is 774. The van der Waals surface area contributed by atoms with Gasteiger partial charge in [-0.3, -0.25) is 14.7 Å². The Morgan fingerprint density at radius 3 is 2.57 bits per heavy atom. The van der Waals surface area contributed by atoms with Crippen LogP contribution in [-0.2, 0) is 9.53 Å². The maximum atomic E-state index is 13.3. The van der Waals surface area contributed by atoms with E-state index in [1.165, 1.54) is 12.1 Å². The highest BCUT2D eigenvalue weighted by Gasteiger charge is 2.37. The van der Waals surface area contributed by atoms with Crippen LogP contribution in [0.15, 0.2) is 48.8 Å². The Kier molecular flexibility index (Phi) is 5.98. The summed E-state index contributed by atoms with van der Waals surface area (Å²) in [5.74, 6) is -0.107. The van der Waals surface area contributed by atoms with E-state index >= 15 is 0 Å². The summed E-state index contributed by atoms with van der Waals surface area (Å²) in [5, 5.41) is 3.17. The number of carbonyl (C=O) groups is 1. The first-order chi connectivity index (χ1) is 13.7. The lowest BCUT2D eigenvalue weighted by molar-refractivity contribution is -0.123. The number of amides is 1. The van der Waals surface area contributed by atoms with Gasteiger partial charge in [0.1, 0.15) is 5.82 Å². The van der Waals surface area contributed by atoms with Gasteiger partial charge >= 0.3 is 0 Å². The van der Waals surface area contributed by atoms with Gasteiger partial charge in [-0.15, -0.1) is 0 Å². The van der Waals surface area contributed by atoms with Crippen molar-refractivity contribution in [3.05, 3.63) is 65.7 Å². The van der Waals surface area contributed by atoms with Crippen molar-refractivity contribution < 1.29 is 13.9 Å². The van der Waals surface area contributed by atoms with E-state index in [4.69, 9.17) is 4.74 Å². The van der Waals surface area contributed by atoms with Crippen LogP contribution in [0.2, 0.25) is 0 Å². The zero-order valence-corrected chi connectivity index (χ0v) is 15.9. The number of aromatic nitrogens is 1. The second-order valence-corrected chi connectivity index (χ2v) is 7.56. The smallest absolute Gasteiger partial charge is 0.227 e. The van der Waals surface area contributed by atoms with Gasteiger partial charge in [-0.25, -0.2) is 4.39 Å². The molecule has 1 N–H and O–H groups in total. The Labute approximate surface area is 164 Å². The molecule has 2 aliphatic rings. The van der Waals surface area contributed by atoms with Gasteiger partial charge in [0.25, 0.3) is 0 Å². The van der Waals surface area contributed by atoms with Crippen LogP contribution in [0.1, 0.15) is 35.9 Å². The standard InChI is InChI=1S/C22H26FN3O2/c23-19-7-5-17(6-8-19)21(16-3-4-16)22(27)25-15-20(18-2-1-9-24-14-18)26-10-12-28-13-11-26/h1-2,5-9,14,16,20-21H,3-4,10-13,15H2,(H,25,27). The van der Waals surface area contributed by atoms with Crippen LogP contribution < -0.4 is 5.32 Å². The molecule has 0 bridgehead atoms. The second-order valence-electron chi connectivity index (χ2n) is 7.56. The fourth-order valence-corrected chi connectivity index (χ4v) is 3.96. The summed E-state index contributed by atoms with van der Waals surface area (Å²) in [6.07, 6.45) is 5.72. The minimum Gasteiger partial charge on any atom is -0.379 e. The lowest BCUT2D eigenvalue weighted by Crippen LogP contribution is -2.44. The predicted octanol–water partition coefficient (Wildman–Crippen LogP) is 2.90. The van der Waals surface area contributed by atoms with E-state index in [1.807, 2.05) is 12.3 Å². The molecule has 6 heteroatoms. The minimum absolute atomic E-state index is 0.0243. The summed E-state index contributed by atoms with van der Waals surface area (Å²) >= 11 is 0. The highest BCUT2D eigenvalue weighted by Crippen LogP contribution is 2.42. The number of rotatable bonds is 7. The maximum absolute atomic E-state index is 13.3. The fourth-order valence-electron chi connectivity index (χ4n) is 3.96. The van der Waals surface area contributed by atoms with Gasteiger partial charge in [0.2, 0.25) is 5.91 Å². The summed E-state index contributed by atoms with van der Waals surface area (Å²) in [6, 6.07) is 10.4. The van der Waals surface area contributed by atoms with Gasteiger partial charge in [0.15, 0.2) is 0 Å². The molecule has 2 heterocycles. The van der Waals surface area contributed by atoms with Crippen LogP contribution >= 0.6 is 0 Å². The van der Waals surface area contributed by atoms with Crippen LogP contribution in [0.25, 0.3) is 0 Å². The molecule has 2 fully saturated rings. The number of benzene rings is 1. The SMILES string of the molecule is O=C(NCC(c1cccnc1)N1CCOCC1)C(c1ccc(F)cc1)C1CC1. The molecule has 1 amide bonds. The summed E-state index contributed by atoms with van der Waals surface area (Å²) < 4.78 is 18.8. The molecule has 0 radical (unpaired) electrons. The van der Waals surface area contributed by atoms with Crippen molar-refractivity contribution in [2.75, 3.05) is 32.8 Å². The molecule has 0 spiro atoms. The van der Waals surface area contributed by atoms with E-state index in [0.29, 0.717) is 25.7 Å². The highest BCUT2D eigenvalue weighted by atomic mass is 19.1. The molecule has 2 unspecified atom stereocenters. The van der Waals surface area contributed by atoms with Gasteiger partial charge in [0.05, 0.1) is 25.2 Å². The van der Waals surface area contributed by atoms with Gasteiger partial charge in [-0.1, -0.05) is 18.2 Å². The summed E-state index contributed by atoms with van der Waals surface area (Å²) in [6.45, 7) is 3.59. The number of carbonyl (C=O) groups excluding carboxylic acids is 1. The number of pyridine rings is 1. The Morgan fingerprint density at radius 2 is 1.93 bits per heavy atom. The average molecular weight is 383 g/mol. The molecule has 1 aromatic heterocycles. The van der Waals surface area contributed by atoms with E-state index in [-0.39, 0.29) is 23.7 Å². The normalized spacial score (nSPS) is 19.8. The van der Waals surface area contributed by atoms with Gasteiger partial charge in [0, 0.05) is 32.0 Å². The van der Waals surface area contributed by atoms with Crippen LogP contribution in [0.3, 0.4) is 0 Å². The molecule has 1 saturated heterocycles. The van der Waals surface area contributed by atoms with Crippen molar-refractivity contribution in [1.82, 2.24) is 15.2 Å². The first-order valence-electron chi connectivity index (χ1n) is 9.97. The van der Waals surface area contributed by atoms with Crippen molar-refractivity contribution in [2.45, 2.75) is 24.8 Å². The zero-order chi connectivity index (χ0) is 19.3. The zero-order valence-electron chi connectivity index (χ0n) is 15.9. The number of morpholine rings is 1. The number of nitrogens with one attached hydrogen (secondary N) is 1. The molecule has 1 aromatic carbocycles. The van der Waals surface area contributed by atoms with E-state index in [1.54, 1.807) is 18.3 Å². The molecule has 2 atom stereocenters. The molecule has 1 aliphatic heterocycles. The summed E-state index contributed by atoms with van der Waals surface area (Å²) in [4.78, 5) is 19.7. The molecule has 1 saturated carbocycles. The number of hydrogen-bond donors (Lipinski definition) is 1. The van der Waals surface area contributed by atoms with Crippen LogP contribution in [-0.4, -0.2) is 48.6 Å². The Balaban J connectivity index is 1.47. The first kappa shape index (κ1) is 19.0.